The number of hydrogen-bond donors (Lipinski definition) is 1. The van der Waals surface area contributed by atoms with E-state index in [-0.39, 0.29) is 24.7 Å². The summed E-state index contributed by atoms with van der Waals surface area (Å²) in [7, 11) is 0. The Bertz CT molecular complexity index is 1190. The van der Waals surface area contributed by atoms with E-state index < -0.39 is 16.9 Å². The van der Waals surface area contributed by atoms with Gasteiger partial charge in [-0.1, -0.05) is 30.7 Å². The Morgan fingerprint density at radius 1 is 1.18 bits per heavy atom. The van der Waals surface area contributed by atoms with Crippen LogP contribution in [0.1, 0.15) is 25.8 Å². The lowest BCUT2D eigenvalue weighted by Gasteiger charge is -2.33. The van der Waals surface area contributed by atoms with Gasteiger partial charge in [-0.05, 0) is 49.2 Å². The third-order valence-corrected chi connectivity index (χ3v) is 5.53. The first-order chi connectivity index (χ1) is 16.3. The summed E-state index contributed by atoms with van der Waals surface area (Å²) in [6, 6.07) is 12.8. The molecule has 3 aromatic rings. The fourth-order valence-electron chi connectivity index (χ4n) is 3.72. The van der Waals surface area contributed by atoms with Crippen molar-refractivity contribution in [3.63, 3.8) is 0 Å². The van der Waals surface area contributed by atoms with Crippen LogP contribution in [0, 0.1) is 10.1 Å². The van der Waals surface area contributed by atoms with Gasteiger partial charge >= 0.3 is 5.97 Å². The number of nitro benzene ring substituents is 1. The molecule has 0 bridgehead atoms. The number of ether oxygens (including phenoxy) is 1. The molecule has 0 saturated carbocycles. The van der Waals surface area contributed by atoms with Crippen LogP contribution in [0.5, 0.6) is 0 Å². The average molecular weight is 485 g/mol. The van der Waals surface area contributed by atoms with Gasteiger partial charge in [-0.25, -0.2) is 0 Å². The third-order valence-electron chi connectivity index (χ3n) is 5.28. The maximum atomic E-state index is 13.1. The van der Waals surface area contributed by atoms with Gasteiger partial charge in [0.1, 0.15) is 18.1 Å². The first kappa shape index (κ1) is 24.9. The molecule has 9 nitrogen and oxygen atoms in total. The normalized spacial score (nSPS) is 11.6. The third kappa shape index (κ3) is 5.79. The van der Waals surface area contributed by atoms with E-state index in [1.807, 2.05) is 24.0 Å². The number of esters is 1. The molecule has 0 aliphatic carbocycles. The fraction of sp³-hybridized carbons (Fsp3) is 0.292. The second-order valence-electron chi connectivity index (χ2n) is 7.46. The summed E-state index contributed by atoms with van der Waals surface area (Å²) >= 11 is 6.03. The summed E-state index contributed by atoms with van der Waals surface area (Å²) in [6.45, 7) is 3.82. The molecule has 0 aliphatic rings. The number of rotatable bonds is 10. The number of pyridine rings is 1. The van der Waals surface area contributed by atoms with Gasteiger partial charge in [-0.15, -0.1) is 0 Å². The van der Waals surface area contributed by atoms with Crippen molar-refractivity contribution in [1.82, 2.24) is 10.3 Å². The number of aromatic nitrogens is 1. The highest BCUT2D eigenvalue weighted by Crippen LogP contribution is 2.34. The molecule has 1 amide bonds. The van der Waals surface area contributed by atoms with Crippen LogP contribution in [-0.2, 0) is 20.9 Å². The molecule has 1 aromatic heterocycles. The molecule has 10 heteroatoms. The molecule has 178 valence electrons. The topological polar surface area (TPSA) is 115 Å². The molecule has 3 rings (SSSR count). The van der Waals surface area contributed by atoms with E-state index in [1.165, 1.54) is 6.07 Å². The standard InChI is InChI=1S/C24H25ClN4O5/c1-3-19(24(31)27-14-22(30)34-4-2)28(15-16-7-9-17(25)10-8-16)21-12-11-20(29(32)33)18-6-5-13-26-23(18)21/h5-13,19H,3-4,14-15H2,1-2H3,(H,27,31). The van der Waals surface area contributed by atoms with Crippen LogP contribution in [0.3, 0.4) is 0 Å². The molecule has 1 atom stereocenters. The van der Waals surface area contributed by atoms with E-state index in [4.69, 9.17) is 16.3 Å². The Balaban J connectivity index is 2.06. The van der Waals surface area contributed by atoms with Gasteiger partial charge in [-0.2, -0.15) is 0 Å². The maximum Gasteiger partial charge on any atom is 0.325 e. The Morgan fingerprint density at radius 2 is 1.91 bits per heavy atom. The van der Waals surface area contributed by atoms with Crippen LogP contribution < -0.4 is 10.2 Å². The summed E-state index contributed by atoms with van der Waals surface area (Å²) in [4.78, 5) is 42.2. The van der Waals surface area contributed by atoms with Crippen molar-refractivity contribution in [2.75, 3.05) is 18.1 Å². The summed E-state index contributed by atoms with van der Waals surface area (Å²) < 4.78 is 4.90. The minimum atomic E-state index is -0.684. The number of anilines is 1. The minimum Gasteiger partial charge on any atom is -0.465 e. The Kier molecular flexibility index (Phi) is 8.37. The minimum absolute atomic E-state index is 0.0712. The fourth-order valence-corrected chi connectivity index (χ4v) is 3.85. The van der Waals surface area contributed by atoms with Crippen LogP contribution in [0.4, 0.5) is 11.4 Å². The zero-order valence-electron chi connectivity index (χ0n) is 18.9. The monoisotopic (exact) mass is 484 g/mol. The number of halogens is 1. The predicted molar refractivity (Wildman–Crippen MR) is 130 cm³/mol. The first-order valence-corrected chi connectivity index (χ1v) is 11.2. The second-order valence-corrected chi connectivity index (χ2v) is 7.90. The number of hydrogen-bond acceptors (Lipinski definition) is 7. The zero-order chi connectivity index (χ0) is 24.7. The quantitative estimate of drug-likeness (QED) is 0.259. The summed E-state index contributed by atoms with van der Waals surface area (Å²) in [5, 5.41) is 15.1. The molecule has 1 N–H and O–H groups in total. The Morgan fingerprint density at radius 3 is 2.56 bits per heavy atom. The molecular formula is C24H25ClN4O5. The van der Waals surface area contributed by atoms with E-state index in [0.717, 1.165) is 5.56 Å². The summed E-state index contributed by atoms with van der Waals surface area (Å²) in [5.74, 6) is -0.899. The molecule has 0 spiro atoms. The molecule has 2 aromatic carbocycles. The number of carbonyl (C=O) groups is 2. The highest BCUT2D eigenvalue weighted by molar-refractivity contribution is 6.30. The summed E-state index contributed by atoms with van der Waals surface area (Å²) in [6.07, 6.45) is 1.96. The maximum absolute atomic E-state index is 13.1. The van der Waals surface area contributed by atoms with Gasteiger partial charge < -0.3 is 15.0 Å². The molecule has 0 radical (unpaired) electrons. The zero-order valence-corrected chi connectivity index (χ0v) is 19.6. The van der Waals surface area contributed by atoms with Gasteiger partial charge in [0.2, 0.25) is 5.91 Å². The van der Waals surface area contributed by atoms with Gasteiger partial charge in [0, 0.05) is 23.8 Å². The van der Waals surface area contributed by atoms with Gasteiger partial charge in [0.25, 0.3) is 5.69 Å². The number of non-ortho nitro benzene ring substituents is 1. The van der Waals surface area contributed by atoms with Crippen LogP contribution >= 0.6 is 11.6 Å². The number of carbonyl (C=O) groups excluding carboxylic acids is 2. The number of nitro groups is 1. The number of nitrogens with one attached hydrogen (secondary N) is 1. The van der Waals surface area contributed by atoms with Crippen molar-refractivity contribution in [2.24, 2.45) is 0 Å². The number of benzene rings is 2. The SMILES string of the molecule is CCOC(=O)CNC(=O)C(CC)N(Cc1ccc(Cl)cc1)c1ccc([N+](=O)[O-])c2cccnc12. The molecule has 0 saturated heterocycles. The Hall–Kier alpha value is -3.72. The second kappa shape index (κ2) is 11.4. The highest BCUT2D eigenvalue weighted by Gasteiger charge is 2.28. The number of fused-ring (bicyclic) bond motifs is 1. The van der Waals surface area contributed by atoms with Crippen molar-refractivity contribution in [2.45, 2.75) is 32.9 Å². The van der Waals surface area contributed by atoms with E-state index >= 15 is 0 Å². The number of amides is 1. The highest BCUT2D eigenvalue weighted by atomic mass is 35.5. The van der Waals surface area contributed by atoms with E-state index in [9.17, 15) is 19.7 Å². The number of nitrogens with zero attached hydrogens (tertiary/aromatic N) is 3. The van der Waals surface area contributed by atoms with Gasteiger partial charge in [0.05, 0.1) is 22.6 Å². The molecule has 0 aliphatic heterocycles. The van der Waals surface area contributed by atoms with Crippen molar-refractivity contribution < 1.29 is 19.2 Å². The van der Waals surface area contributed by atoms with Crippen molar-refractivity contribution in [3.05, 3.63) is 75.4 Å². The van der Waals surface area contributed by atoms with Gasteiger partial charge in [-0.3, -0.25) is 24.7 Å². The molecular weight excluding hydrogens is 460 g/mol. The van der Waals surface area contributed by atoms with Crippen molar-refractivity contribution >= 4 is 45.8 Å². The average Bonchev–Trinajstić information content (AvgIpc) is 2.83. The lowest BCUT2D eigenvalue weighted by Crippen LogP contribution is -2.48. The Labute approximate surface area is 201 Å². The largest absolute Gasteiger partial charge is 0.465 e. The molecule has 1 heterocycles. The van der Waals surface area contributed by atoms with Crippen LogP contribution in [0.25, 0.3) is 10.9 Å². The smallest absolute Gasteiger partial charge is 0.325 e. The lowest BCUT2D eigenvalue weighted by atomic mass is 10.1. The van der Waals surface area contributed by atoms with Crippen LogP contribution in [0.15, 0.2) is 54.7 Å². The van der Waals surface area contributed by atoms with Crippen LogP contribution in [0.2, 0.25) is 5.02 Å². The van der Waals surface area contributed by atoms with E-state index in [0.29, 0.717) is 34.6 Å². The first-order valence-electron chi connectivity index (χ1n) is 10.8. The van der Waals surface area contributed by atoms with E-state index in [2.05, 4.69) is 10.3 Å². The van der Waals surface area contributed by atoms with E-state index in [1.54, 1.807) is 43.5 Å². The van der Waals surface area contributed by atoms with Crippen molar-refractivity contribution in [3.8, 4) is 0 Å². The molecule has 1 unspecified atom stereocenters. The summed E-state index contributed by atoms with van der Waals surface area (Å²) in [5.41, 5.74) is 1.78. The van der Waals surface area contributed by atoms with Gasteiger partial charge in [0.15, 0.2) is 0 Å². The predicted octanol–water partition coefficient (Wildman–Crippen LogP) is 4.26. The lowest BCUT2D eigenvalue weighted by molar-refractivity contribution is -0.383. The van der Waals surface area contributed by atoms with Crippen molar-refractivity contribution in [1.29, 1.82) is 0 Å². The van der Waals surface area contributed by atoms with Crippen LogP contribution in [-0.4, -0.2) is 41.0 Å². The molecule has 34 heavy (non-hydrogen) atoms. The molecule has 0 fully saturated rings.